The molecule has 2 aromatic carbocycles. The van der Waals surface area contributed by atoms with Crippen LogP contribution in [0.15, 0.2) is 48.7 Å². The first kappa shape index (κ1) is 15.5. The van der Waals surface area contributed by atoms with Crippen molar-refractivity contribution in [3.63, 3.8) is 0 Å². The number of urea groups is 1. The van der Waals surface area contributed by atoms with E-state index >= 15 is 0 Å². The fourth-order valence-corrected chi connectivity index (χ4v) is 2.48. The fourth-order valence-electron chi connectivity index (χ4n) is 2.48. The molecule has 122 valence electrons. The first-order chi connectivity index (χ1) is 11.6. The van der Waals surface area contributed by atoms with Gasteiger partial charge in [0, 0.05) is 12.4 Å². The normalized spacial score (nSPS) is 10.4. The van der Waals surface area contributed by atoms with E-state index in [9.17, 15) is 9.59 Å². The van der Waals surface area contributed by atoms with Crippen LogP contribution in [-0.4, -0.2) is 28.9 Å². The lowest BCUT2D eigenvalue weighted by atomic mass is 10.1. The Morgan fingerprint density at radius 1 is 1.04 bits per heavy atom. The molecule has 2 amide bonds. The summed E-state index contributed by atoms with van der Waals surface area (Å²) in [4.78, 5) is 24.1. The number of benzene rings is 2. The summed E-state index contributed by atoms with van der Waals surface area (Å²) in [7, 11) is 2.87. The summed E-state index contributed by atoms with van der Waals surface area (Å²) in [5.41, 5.74) is 1.13. The van der Waals surface area contributed by atoms with E-state index in [1.54, 1.807) is 7.05 Å². The van der Waals surface area contributed by atoms with Crippen molar-refractivity contribution in [2.45, 2.75) is 0 Å². The molecule has 0 fully saturated rings. The lowest BCUT2D eigenvalue weighted by Gasteiger charge is -2.10. The second kappa shape index (κ2) is 6.41. The molecule has 0 saturated heterocycles. The van der Waals surface area contributed by atoms with Crippen molar-refractivity contribution in [1.82, 2.24) is 9.78 Å². The number of nitrogens with zero attached hydrogens (tertiary/aromatic N) is 2. The molecule has 1 aromatic heterocycles. The first-order valence-electron chi connectivity index (χ1n) is 7.26. The van der Waals surface area contributed by atoms with Crippen LogP contribution in [0.3, 0.4) is 0 Å². The van der Waals surface area contributed by atoms with Gasteiger partial charge in [-0.2, -0.15) is 5.10 Å². The van der Waals surface area contributed by atoms with E-state index in [0.29, 0.717) is 5.69 Å². The van der Waals surface area contributed by atoms with E-state index in [1.807, 2.05) is 42.5 Å². The molecule has 1 heterocycles. The van der Waals surface area contributed by atoms with Crippen LogP contribution in [0.4, 0.5) is 16.2 Å². The van der Waals surface area contributed by atoms with E-state index < -0.39 is 12.0 Å². The molecule has 7 heteroatoms. The lowest BCUT2D eigenvalue weighted by Crippen LogP contribution is -2.21. The number of methoxy groups -OCH3 is 1. The summed E-state index contributed by atoms with van der Waals surface area (Å²) in [5.74, 6) is -0.574. The number of carbonyl (C=O) groups excluding carboxylic acids is 2. The molecule has 0 atom stereocenters. The topological polar surface area (TPSA) is 85.2 Å². The molecule has 0 aliphatic carbocycles. The van der Waals surface area contributed by atoms with Crippen LogP contribution in [0.25, 0.3) is 10.8 Å². The Balaban J connectivity index is 1.83. The van der Waals surface area contributed by atoms with Gasteiger partial charge in [-0.1, -0.05) is 36.4 Å². The maximum absolute atomic E-state index is 12.3. The van der Waals surface area contributed by atoms with Gasteiger partial charge in [0.2, 0.25) is 0 Å². The highest BCUT2D eigenvalue weighted by atomic mass is 16.5. The molecular weight excluding hydrogens is 308 g/mol. The maximum atomic E-state index is 12.3. The highest BCUT2D eigenvalue weighted by Gasteiger charge is 2.19. The molecule has 2 N–H and O–H groups in total. The number of ether oxygens (including phenoxy) is 1. The van der Waals surface area contributed by atoms with E-state index in [4.69, 9.17) is 4.74 Å². The van der Waals surface area contributed by atoms with Crippen LogP contribution in [0.2, 0.25) is 0 Å². The Morgan fingerprint density at radius 3 is 2.54 bits per heavy atom. The van der Waals surface area contributed by atoms with E-state index in [2.05, 4.69) is 15.7 Å². The van der Waals surface area contributed by atoms with Crippen LogP contribution >= 0.6 is 0 Å². The van der Waals surface area contributed by atoms with Crippen molar-refractivity contribution >= 4 is 34.1 Å². The van der Waals surface area contributed by atoms with Crippen molar-refractivity contribution in [1.29, 1.82) is 0 Å². The van der Waals surface area contributed by atoms with Crippen LogP contribution in [0.5, 0.6) is 0 Å². The molecule has 7 nitrogen and oxygen atoms in total. The fraction of sp³-hybridized carbons (Fsp3) is 0.118. The maximum Gasteiger partial charge on any atom is 0.358 e. The average molecular weight is 324 g/mol. The van der Waals surface area contributed by atoms with Crippen LogP contribution in [0, 0.1) is 0 Å². The average Bonchev–Trinajstić information content (AvgIpc) is 2.95. The van der Waals surface area contributed by atoms with E-state index in [0.717, 1.165) is 10.8 Å². The van der Waals surface area contributed by atoms with Crippen LogP contribution < -0.4 is 10.6 Å². The van der Waals surface area contributed by atoms with Crippen LogP contribution in [0.1, 0.15) is 10.5 Å². The van der Waals surface area contributed by atoms with Crippen molar-refractivity contribution in [2.75, 3.05) is 17.7 Å². The molecule has 0 spiro atoms. The quantitative estimate of drug-likeness (QED) is 0.725. The SMILES string of the molecule is COC(=O)c1c(NC(=O)Nc2cccc3ccccc23)cnn1C. The second-order valence-corrected chi connectivity index (χ2v) is 5.13. The van der Waals surface area contributed by atoms with Gasteiger partial charge < -0.3 is 15.4 Å². The minimum atomic E-state index is -0.574. The van der Waals surface area contributed by atoms with Crippen molar-refractivity contribution in [3.05, 3.63) is 54.4 Å². The van der Waals surface area contributed by atoms with Gasteiger partial charge in [0.1, 0.15) is 0 Å². The Bertz CT molecular complexity index is 912. The highest BCUT2D eigenvalue weighted by molar-refractivity contribution is 6.08. The van der Waals surface area contributed by atoms with Gasteiger partial charge in [0.05, 0.1) is 24.7 Å². The number of anilines is 2. The highest BCUT2D eigenvalue weighted by Crippen LogP contribution is 2.23. The number of nitrogens with one attached hydrogen (secondary N) is 2. The molecule has 0 aliphatic rings. The van der Waals surface area contributed by atoms with Crippen molar-refractivity contribution < 1.29 is 14.3 Å². The van der Waals surface area contributed by atoms with Gasteiger partial charge in [-0.05, 0) is 11.5 Å². The zero-order chi connectivity index (χ0) is 17.1. The first-order valence-corrected chi connectivity index (χ1v) is 7.26. The van der Waals surface area contributed by atoms with Crippen molar-refractivity contribution in [3.8, 4) is 0 Å². The molecule has 0 unspecified atom stereocenters. The smallest absolute Gasteiger partial charge is 0.358 e. The van der Waals surface area contributed by atoms with Gasteiger partial charge in [0.25, 0.3) is 0 Å². The Hall–Kier alpha value is -3.35. The number of carbonyl (C=O) groups is 2. The number of esters is 1. The van der Waals surface area contributed by atoms with Gasteiger partial charge >= 0.3 is 12.0 Å². The van der Waals surface area contributed by atoms with Gasteiger partial charge in [-0.3, -0.25) is 4.68 Å². The summed E-state index contributed by atoms with van der Waals surface area (Å²) in [5, 5.41) is 11.3. The molecule has 0 aliphatic heterocycles. The Kier molecular flexibility index (Phi) is 4.15. The van der Waals surface area contributed by atoms with Gasteiger partial charge in [-0.15, -0.1) is 0 Å². The van der Waals surface area contributed by atoms with Gasteiger partial charge in [-0.25, -0.2) is 9.59 Å². The third-order valence-corrected chi connectivity index (χ3v) is 3.60. The summed E-state index contributed by atoms with van der Waals surface area (Å²) >= 11 is 0. The van der Waals surface area contributed by atoms with E-state index in [1.165, 1.54) is 18.0 Å². The minimum absolute atomic E-state index is 0.172. The molecule has 24 heavy (non-hydrogen) atoms. The zero-order valence-electron chi connectivity index (χ0n) is 13.2. The summed E-state index contributed by atoms with van der Waals surface area (Å²) < 4.78 is 6.05. The second-order valence-electron chi connectivity index (χ2n) is 5.13. The number of hydrogen-bond acceptors (Lipinski definition) is 4. The predicted molar refractivity (Wildman–Crippen MR) is 91.1 cm³/mol. The number of hydrogen-bond donors (Lipinski definition) is 2. The standard InChI is InChI=1S/C17H16N4O3/c1-21-15(16(22)24-2)14(10-18-21)20-17(23)19-13-9-5-7-11-6-3-4-8-12(11)13/h3-10H,1-2H3,(H2,19,20,23). The van der Waals surface area contributed by atoms with E-state index in [-0.39, 0.29) is 11.4 Å². The third-order valence-electron chi connectivity index (χ3n) is 3.60. The molecule has 3 rings (SSSR count). The Morgan fingerprint density at radius 2 is 1.75 bits per heavy atom. The molecule has 0 radical (unpaired) electrons. The van der Waals surface area contributed by atoms with Crippen LogP contribution in [-0.2, 0) is 11.8 Å². The minimum Gasteiger partial charge on any atom is -0.464 e. The number of fused-ring (bicyclic) bond motifs is 1. The largest absolute Gasteiger partial charge is 0.464 e. The number of aromatic nitrogens is 2. The molecule has 0 bridgehead atoms. The third kappa shape index (κ3) is 2.91. The lowest BCUT2D eigenvalue weighted by molar-refractivity contribution is 0.0589. The molecule has 0 saturated carbocycles. The molecule has 3 aromatic rings. The summed E-state index contributed by atoms with van der Waals surface area (Å²) in [6.07, 6.45) is 1.40. The molecular formula is C17H16N4O3. The summed E-state index contributed by atoms with van der Waals surface area (Å²) in [6, 6.07) is 12.9. The predicted octanol–water partition coefficient (Wildman–Crippen LogP) is 3.00. The van der Waals surface area contributed by atoms with Gasteiger partial charge in [0.15, 0.2) is 5.69 Å². The monoisotopic (exact) mass is 324 g/mol. The van der Waals surface area contributed by atoms with Crippen molar-refractivity contribution in [2.24, 2.45) is 7.05 Å². The summed E-state index contributed by atoms with van der Waals surface area (Å²) in [6.45, 7) is 0. The zero-order valence-corrected chi connectivity index (χ0v) is 13.2. The number of aryl methyl sites for hydroxylation is 1. The number of amides is 2. The Labute approximate surface area is 138 Å². The number of rotatable bonds is 3.